The zero-order valence-electron chi connectivity index (χ0n) is 14.5. The van der Waals surface area contributed by atoms with E-state index in [9.17, 15) is 0 Å². The predicted octanol–water partition coefficient (Wildman–Crippen LogP) is 3.29. The smallest absolute Gasteiger partial charge is 0.161 e. The minimum atomic E-state index is -0.199. The Bertz CT molecular complexity index is 526. The first-order valence-electron chi connectivity index (χ1n) is 8.93. The molecule has 0 bridgehead atoms. The van der Waals surface area contributed by atoms with Crippen molar-refractivity contribution in [3.63, 3.8) is 0 Å². The van der Waals surface area contributed by atoms with Gasteiger partial charge in [-0.15, -0.1) is 0 Å². The van der Waals surface area contributed by atoms with Crippen LogP contribution in [0.25, 0.3) is 0 Å². The summed E-state index contributed by atoms with van der Waals surface area (Å²) >= 11 is 0. The summed E-state index contributed by atoms with van der Waals surface area (Å²) in [6.45, 7) is 2.14. The van der Waals surface area contributed by atoms with Gasteiger partial charge in [0.15, 0.2) is 11.5 Å². The predicted molar refractivity (Wildman–Crippen MR) is 93.1 cm³/mol. The van der Waals surface area contributed by atoms with Crippen molar-refractivity contribution < 1.29 is 9.47 Å². The Labute approximate surface area is 139 Å². The number of hydrogen-bond acceptors (Lipinski definition) is 4. The molecule has 0 radical (unpaired) electrons. The number of methoxy groups -OCH3 is 1. The molecule has 23 heavy (non-hydrogen) atoms. The molecule has 1 aliphatic carbocycles. The van der Waals surface area contributed by atoms with Crippen LogP contribution in [0.3, 0.4) is 0 Å². The Kier molecular flexibility index (Phi) is 5.12. The molecule has 0 aromatic heterocycles. The number of piperidine rings is 1. The van der Waals surface area contributed by atoms with Crippen LogP contribution in [0.1, 0.15) is 50.5 Å². The van der Waals surface area contributed by atoms with E-state index in [1.807, 2.05) is 6.07 Å². The van der Waals surface area contributed by atoms with Crippen LogP contribution < -0.4 is 15.2 Å². The second-order valence-electron chi connectivity index (χ2n) is 7.23. The number of rotatable bonds is 4. The Morgan fingerprint density at radius 2 is 1.91 bits per heavy atom. The number of likely N-dealkylation sites (tertiary alicyclic amines) is 1. The number of likely N-dealkylation sites (N-methyl/N-ethyl adjacent to an activating group) is 1. The highest BCUT2D eigenvalue weighted by atomic mass is 16.5. The molecule has 3 rings (SSSR count). The largest absolute Gasteiger partial charge is 0.493 e. The molecule has 4 nitrogen and oxygen atoms in total. The maximum absolute atomic E-state index is 6.65. The average molecular weight is 318 g/mol. The number of ether oxygens (including phenoxy) is 2. The summed E-state index contributed by atoms with van der Waals surface area (Å²) < 4.78 is 11.8. The molecule has 1 unspecified atom stereocenters. The van der Waals surface area contributed by atoms with Gasteiger partial charge in [0, 0.05) is 12.1 Å². The van der Waals surface area contributed by atoms with Gasteiger partial charge in [-0.25, -0.2) is 0 Å². The minimum Gasteiger partial charge on any atom is -0.493 e. The molecular formula is C19H30N2O2. The van der Waals surface area contributed by atoms with Crippen LogP contribution in [0.2, 0.25) is 0 Å². The van der Waals surface area contributed by atoms with Gasteiger partial charge in [0.2, 0.25) is 0 Å². The third-order valence-electron chi connectivity index (χ3n) is 5.36. The van der Waals surface area contributed by atoms with E-state index in [2.05, 4.69) is 24.1 Å². The highest BCUT2D eigenvalue weighted by Crippen LogP contribution is 2.39. The van der Waals surface area contributed by atoms with Crippen LogP contribution in [-0.2, 0) is 5.54 Å². The van der Waals surface area contributed by atoms with Crippen molar-refractivity contribution in [2.24, 2.45) is 5.73 Å². The zero-order valence-corrected chi connectivity index (χ0v) is 14.5. The Balaban J connectivity index is 1.76. The molecule has 1 aromatic rings. The monoisotopic (exact) mass is 318 g/mol. The van der Waals surface area contributed by atoms with Crippen molar-refractivity contribution in [2.45, 2.75) is 56.6 Å². The van der Waals surface area contributed by atoms with Gasteiger partial charge in [-0.3, -0.25) is 0 Å². The molecule has 1 aromatic carbocycles. The summed E-state index contributed by atoms with van der Waals surface area (Å²) in [5.41, 5.74) is 7.64. The van der Waals surface area contributed by atoms with Gasteiger partial charge in [-0.2, -0.15) is 0 Å². The summed E-state index contributed by atoms with van der Waals surface area (Å²) in [4.78, 5) is 2.33. The molecular weight excluding hydrogens is 288 g/mol. The quantitative estimate of drug-likeness (QED) is 0.925. The lowest BCUT2D eigenvalue weighted by Gasteiger charge is -2.34. The highest BCUT2D eigenvalue weighted by molar-refractivity contribution is 5.45. The van der Waals surface area contributed by atoms with E-state index < -0.39 is 0 Å². The van der Waals surface area contributed by atoms with Crippen molar-refractivity contribution in [3.8, 4) is 11.5 Å². The summed E-state index contributed by atoms with van der Waals surface area (Å²) in [5, 5.41) is 0. The first kappa shape index (κ1) is 16.6. The molecule has 2 N–H and O–H groups in total. The lowest BCUT2D eigenvalue weighted by molar-refractivity contribution is 0.101. The van der Waals surface area contributed by atoms with Crippen LogP contribution in [0.5, 0.6) is 11.5 Å². The van der Waals surface area contributed by atoms with Crippen LogP contribution in [-0.4, -0.2) is 38.3 Å². The van der Waals surface area contributed by atoms with Crippen molar-refractivity contribution in [1.29, 1.82) is 0 Å². The lowest BCUT2D eigenvalue weighted by atomic mass is 9.77. The fourth-order valence-electron chi connectivity index (χ4n) is 3.94. The molecule has 0 amide bonds. The minimum absolute atomic E-state index is 0.199. The van der Waals surface area contributed by atoms with Gasteiger partial charge >= 0.3 is 0 Å². The molecule has 4 heteroatoms. The first-order chi connectivity index (χ1) is 11.1. The molecule has 1 aliphatic heterocycles. The number of nitrogens with zero attached hydrogens (tertiary/aromatic N) is 1. The third-order valence-corrected chi connectivity index (χ3v) is 5.36. The van der Waals surface area contributed by atoms with E-state index in [1.54, 1.807) is 7.11 Å². The van der Waals surface area contributed by atoms with E-state index in [-0.39, 0.29) is 11.6 Å². The van der Waals surface area contributed by atoms with Gasteiger partial charge in [0.05, 0.1) is 7.11 Å². The molecule has 2 fully saturated rings. The first-order valence-corrected chi connectivity index (χ1v) is 8.93. The van der Waals surface area contributed by atoms with Crippen molar-refractivity contribution in [1.82, 2.24) is 4.90 Å². The van der Waals surface area contributed by atoms with Gasteiger partial charge in [0.1, 0.15) is 6.10 Å². The summed E-state index contributed by atoms with van der Waals surface area (Å²) in [6, 6.07) is 6.27. The number of benzene rings is 1. The van der Waals surface area contributed by atoms with Gasteiger partial charge in [-0.05, 0) is 57.0 Å². The SMILES string of the molecule is COc1cc(C2(N)CCCCC2)ccc1OC1CCCN(C)C1. The Morgan fingerprint density at radius 1 is 1.13 bits per heavy atom. The van der Waals surface area contributed by atoms with Crippen LogP contribution in [0.4, 0.5) is 0 Å². The second kappa shape index (κ2) is 7.10. The van der Waals surface area contributed by atoms with E-state index >= 15 is 0 Å². The molecule has 2 aliphatic rings. The molecule has 1 atom stereocenters. The summed E-state index contributed by atoms with van der Waals surface area (Å²) in [7, 11) is 3.86. The molecule has 1 saturated carbocycles. The molecule has 1 saturated heterocycles. The van der Waals surface area contributed by atoms with E-state index in [4.69, 9.17) is 15.2 Å². The Morgan fingerprint density at radius 3 is 2.61 bits per heavy atom. The van der Waals surface area contributed by atoms with E-state index in [0.29, 0.717) is 0 Å². The lowest BCUT2D eigenvalue weighted by Crippen LogP contribution is -2.39. The van der Waals surface area contributed by atoms with Gasteiger partial charge in [-0.1, -0.05) is 25.3 Å². The molecule has 128 valence electrons. The average Bonchev–Trinajstić information content (AvgIpc) is 2.56. The molecule has 1 heterocycles. The fraction of sp³-hybridized carbons (Fsp3) is 0.684. The Hall–Kier alpha value is -1.26. The summed E-state index contributed by atoms with van der Waals surface area (Å²) in [5.74, 6) is 1.65. The zero-order chi connectivity index (χ0) is 16.3. The van der Waals surface area contributed by atoms with Crippen molar-refractivity contribution in [3.05, 3.63) is 23.8 Å². The highest BCUT2D eigenvalue weighted by Gasteiger charge is 2.30. The van der Waals surface area contributed by atoms with E-state index in [1.165, 1.54) is 31.2 Å². The van der Waals surface area contributed by atoms with Gasteiger partial charge in [0.25, 0.3) is 0 Å². The second-order valence-corrected chi connectivity index (χ2v) is 7.23. The third kappa shape index (κ3) is 3.81. The standard InChI is InChI=1S/C19H30N2O2/c1-21-12-6-7-16(14-21)23-17-9-8-15(13-18(17)22-2)19(20)10-4-3-5-11-19/h8-9,13,16H,3-7,10-12,14,20H2,1-2H3. The fourth-order valence-corrected chi connectivity index (χ4v) is 3.94. The summed E-state index contributed by atoms with van der Waals surface area (Å²) in [6.07, 6.45) is 8.38. The topological polar surface area (TPSA) is 47.7 Å². The van der Waals surface area contributed by atoms with Crippen LogP contribution >= 0.6 is 0 Å². The number of nitrogens with two attached hydrogens (primary N) is 1. The van der Waals surface area contributed by atoms with E-state index in [0.717, 1.165) is 43.9 Å². The maximum atomic E-state index is 6.65. The number of hydrogen-bond donors (Lipinski definition) is 1. The maximum Gasteiger partial charge on any atom is 0.161 e. The van der Waals surface area contributed by atoms with Crippen LogP contribution in [0, 0.1) is 0 Å². The van der Waals surface area contributed by atoms with Gasteiger partial charge < -0.3 is 20.1 Å². The molecule has 0 spiro atoms. The van der Waals surface area contributed by atoms with Crippen LogP contribution in [0.15, 0.2) is 18.2 Å². The van der Waals surface area contributed by atoms with Crippen molar-refractivity contribution in [2.75, 3.05) is 27.2 Å². The normalized spacial score (nSPS) is 25.1. The van der Waals surface area contributed by atoms with Crippen molar-refractivity contribution >= 4 is 0 Å².